The van der Waals surface area contributed by atoms with Crippen LogP contribution in [-0.2, 0) is 0 Å². The number of halogens is 1. The van der Waals surface area contributed by atoms with Crippen molar-refractivity contribution < 1.29 is 9.47 Å². The average molecular weight is 517 g/mol. The first-order chi connectivity index (χ1) is 14.6. The van der Waals surface area contributed by atoms with Crippen LogP contribution in [0.5, 0.6) is 11.5 Å². The molecule has 156 valence electrons. The Bertz CT molecular complexity index is 1150. The lowest BCUT2D eigenvalue weighted by Gasteiger charge is -2.22. The summed E-state index contributed by atoms with van der Waals surface area (Å²) in [7, 11) is 3.22. The van der Waals surface area contributed by atoms with Crippen molar-refractivity contribution in [2.75, 3.05) is 14.2 Å². The minimum Gasteiger partial charge on any atom is -0.493 e. The number of para-hydroxylation sites is 1. The molecule has 7 heteroatoms. The fraction of sp³-hybridized carbons (Fsp3) is 0.348. The van der Waals surface area contributed by atoms with Gasteiger partial charge < -0.3 is 9.47 Å². The molecule has 0 unspecified atom stereocenters. The molecule has 1 fully saturated rings. The fourth-order valence-corrected chi connectivity index (χ4v) is 4.86. The Balaban J connectivity index is 1.82. The van der Waals surface area contributed by atoms with Gasteiger partial charge in [0.25, 0.3) is 5.56 Å². The quantitative estimate of drug-likeness (QED) is 0.355. The first kappa shape index (κ1) is 20.8. The molecule has 0 N–H and O–H groups in total. The van der Waals surface area contributed by atoms with Crippen LogP contribution in [0.2, 0.25) is 0 Å². The molecular weight excluding hydrogens is 493 g/mol. The molecule has 1 aromatic heterocycles. The van der Waals surface area contributed by atoms with E-state index < -0.39 is 0 Å². The van der Waals surface area contributed by atoms with E-state index in [9.17, 15) is 4.79 Å². The van der Waals surface area contributed by atoms with Gasteiger partial charge in [0.15, 0.2) is 11.5 Å². The summed E-state index contributed by atoms with van der Waals surface area (Å²) in [5.74, 6) is 2.31. The van der Waals surface area contributed by atoms with Crippen LogP contribution in [0.15, 0.2) is 46.3 Å². The maximum Gasteiger partial charge on any atom is 0.282 e. The highest BCUT2D eigenvalue weighted by Crippen LogP contribution is 2.34. The lowest BCUT2D eigenvalue weighted by molar-refractivity contribution is 0.353. The van der Waals surface area contributed by atoms with Crippen LogP contribution >= 0.6 is 22.6 Å². The molecule has 0 radical (unpaired) electrons. The summed E-state index contributed by atoms with van der Waals surface area (Å²) >= 11 is 2.20. The minimum atomic E-state index is -0.132. The maximum atomic E-state index is 13.3. The number of methoxy groups -OCH3 is 2. The van der Waals surface area contributed by atoms with Crippen molar-refractivity contribution in [3.05, 3.63) is 61.7 Å². The number of rotatable bonds is 5. The topological polar surface area (TPSA) is 65.7 Å². The molecule has 30 heavy (non-hydrogen) atoms. The number of fused-ring (bicyclic) bond motifs is 1. The number of nitrogens with zero attached hydrogens (tertiary/aromatic N) is 3. The van der Waals surface area contributed by atoms with Gasteiger partial charge >= 0.3 is 0 Å². The first-order valence-corrected chi connectivity index (χ1v) is 11.2. The standard InChI is InChI=1S/C23H24IN3O3/c1-29-20-13-15(12-18(24)21(20)30-2)14-25-27-22(16-8-4-3-5-9-16)26-19-11-7-6-10-17(19)23(27)28/h6-7,10-14,16H,3-5,8-9H2,1-2H3. The summed E-state index contributed by atoms with van der Waals surface area (Å²) < 4.78 is 13.2. The monoisotopic (exact) mass is 517 g/mol. The maximum absolute atomic E-state index is 13.3. The highest BCUT2D eigenvalue weighted by molar-refractivity contribution is 14.1. The van der Waals surface area contributed by atoms with Gasteiger partial charge in [-0.1, -0.05) is 31.4 Å². The molecule has 2 aromatic carbocycles. The minimum absolute atomic E-state index is 0.132. The molecule has 3 aromatic rings. The zero-order chi connectivity index (χ0) is 21.1. The van der Waals surface area contributed by atoms with Crippen LogP contribution < -0.4 is 15.0 Å². The van der Waals surface area contributed by atoms with E-state index in [-0.39, 0.29) is 11.5 Å². The number of benzene rings is 2. The van der Waals surface area contributed by atoms with Crippen molar-refractivity contribution in [1.82, 2.24) is 9.66 Å². The zero-order valence-corrected chi connectivity index (χ0v) is 19.3. The third-order valence-corrected chi connectivity index (χ3v) is 6.33. The van der Waals surface area contributed by atoms with E-state index in [0.717, 1.165) is 46.2 Å². The first-order valence-electron chi connectivity index (χ1n) is 10.1. The van der Waals surface area contributed by atoms with Crippen molar-refractivity contribution in [2.24, 2.45) is 5.10 Å². The van der Waals surface area contributed by atoms with E-state index >= 15 is 0 Å². The van der Waals surface area contributed by atoms with E-state index in [0.29, 0.717) is 16.9 Å². The van der Waals surface area contributed by atoms with Crippen LogP contribution in [0, 0.1) is 3.57 Å². The molecule has 0 bridgehead atoms. The Morgan fingerprint density at radius 1 is 1.13 bits per heavy atom. The van der Waals surface area contributed by atoms with Crippen LogP contribution in [0.25, 0.3) is 10.9 Å². The summed E-state index contributed by atoms with van der Waals surface area (Å²) in [6.45, 7) is 0. The molecule has 0 spiro atoms. The van der Waals surface area contributed by atoms with Crippen molar-refractivity contribution >= 4 is 39.7 Å². The van der Waals surface area contributed by atoms with Gasteiger partial charge in [-0.3, -0.25) is 4.79 Å². The number of hydrogen-bond donors (Lipinski definition) is 0. The van der Waals surface area contributed by atoms with Crippen molar-refractivity contribution in [2.45, 2.75) is 38.0 Å². The molecule has 1 aliphatic rings. The largest absolute Gasteiger partial charge is 0.493 e. The molecule has 0 saturated heterocycles. The van der Waals surface area contributed by atoms with Crippen LogP contribution in [-0.4, -0.2) is 30.1 Å². The van der Waals surface area contributed by atoms with E-state index in [1.807, 2.05) is 30.3 Å². The summed E-state index contributed by atoms with van der Waals surface area (Å²) in [5.41, 5.74) is 1.43. The van der Waals surface area contributed by atoms with Gasteiger partial charge in [-0.05, 0) is 65.3 Å². The van der Waals surface area contributed by atoms with E-state index in [4.69, 9.17) is 14.5 Å². The zero-order valence-electron chi connectivity index (χ0n) is 17.1. The smallest absolute Gasteiger partial charge is 0.282 e. The second kappa shape index (κ2) is 9.16. The predicted molar refractivity (Wildman–Crippen MR) is 127 cm³/mol. The highest BCUT2D eigenvalue weighted by Gasteiger charge is 2.22. The summed E-state index contributed by atoms with van der Waals surface area (Å²) in [5, 5.41) is 5.17. The molecule has 1 heterocycles. The van der Waals surface area contributed by atoms with Crippen molar-refractivity contribution in [3.63, 3.8) is 0 Å². The number of aromatic nitrogens is 2. The van der Waals surface area contributed by atoms with Crippen LogP contribution in [0.1, 0.15) is 49.4 Å². The lowest BCUT2D eigenvalue weighted by atomic mass is 9.88. The van der Waals surface area contributed by atoms with Gasteiger partial charge in [-0.15, -0.1) is 0 Å². The molecule has 0 amide bonds. The van der Waals surface area contributed by atoms with Gasteiger partial charge in [-0.25, -0.2) is 4.98 Å². The Labute approximate surface area is 189 Å². The normalized spacial score (nSPS) is 15.0. The SMILES string of the molecule is COc1cc(C=Nn2c(C3CCCCC3)nc3ccccc3c2=O)cc(I)c1OC. The third-order valence-electron chi connectivity index (χ3n) is 5.53. The lowest BCUT2D eigenvalue weighted by Crippen LogP contribution is -2.25. The van der Waals surface area contributed by atoms with Crippen molar-refractivity contribution in [1.29, 1.82) is 0 Å². The van der Waals surface area contributed by atoms with Crippen LogP contribution in [0.3, 0.4) is 0 Å². The molecule has 1 aliphatic carbocycles. The Kier molecular flexibility index (Phi) is 6.36. The Hall–Kier alpha value is -2.42. The molecule has 0 aliphatic heterocycles. The molecule has 6 nitrogen and oxygen atoms in total. The number of hydrogen-bond acceptors (Lipinski definition) is 5. The second-order valence-electron chi connectivity index (χ2n) is 7.42. The fourth-order valence-electron chi connectivity index (χ4n) is 4.01. The van der Waals surface area contributed by atoms with E-state index in [1.54, 1.807) is 26.5 Å². The summed E-state index contributed by atoms with van der Waals surface area (Å²) in [6, 6.07) is 11.3. The Morgan fingerprint density at radius 2 is 1.90 bits per heavy atom. The third kappa shape index (κ3) is 4.08. The van der Waals surface area contributed by atoms with Gasteiger partial charge in [0.1, 0.15) is 5.82 Å². The Morgan fingerprint density at radius 3 is 2.63 bits per heavy atom. The summed E-state index contributed by atoms with van der Waals surface area (Å²) in [6.07, 6.45) is 7.31. The highest BCUT2D eigenvalue weighted by atomic mass is 127. The van der Waals surface area contributed by atoms with Crippen LogP contribution in [0.4, 0.5) is 0 Å². The van der Waals surface area contributed by atoms with E-state index in [2.05, 4.69) is 27.7 Å². The molecule has 0 atom stereocenters. The van der Waals surface area contributed by atoms with Gasteiger partial charge in [0.2, 0.25) is 0 Å². The molecule has 1 saturated carbocycles. The molecule has 4 rings (SSSR count). The average Bonchev–Trinajstić information content (AvgIpc) is 2.78. The van der Waals surface area contributed by atoms with E-state index in [1.165, 1.54) is 11.1 Å². The molecular formula is C23H24IN3O3. The van der Waals surface area contributed by atoms with Gasteiger partial charge in [-0.2, -0.15) is 9.78 Å². The van der Waals surface area contributed by atoms with Gasteiger partial charge in [0, 0.05) is 5.92 Å². The predicted octanol–water partition coefficient (Wildman–Crippen LogP) is 4.95. The van der Waals surface area contributed by atoms with Gasteiger partial charge in [0.05, 0.1) is 34.9 Å². The number of ether oxygens (including phenoxy) is 2. The second-order valence-corrected chi connectivity index (χ2v) is 8.58. The summed E-state index contributed by atoms with van der Waals surface area (Å²) in [4.78, 5) is 18.1. The van der Waals surface area contributed by atoms with Crippen molar-refractivity contribution in [3.8, 4) is 11.5 Å².